The van der Waals surface area contributed by atoms with E-state index < -0.39 is 0 Å². The van der Waals surface area contributed by atoms with E-state index in [1.54, 1.807) is 17.7 Å². The average molecular weight is 428 g/mol. The number of carbonyl (C=O) groups excluding carboxylic acids is 1. The van der Waals surface area contributed by atoms with Crippen molar-refractivity contribution in [2.24, 2.45) is 0 Å². The Morgan fingerprint density at radius 2 is 1.90 bits per heavy atom. The number of hydrogen-bond donors (Lipinski definition) is 2. The third kappa shape index (κ3) is 6.16. The van der Waals surface area contributed by atoms with Crippen molar-refractivity contribution in [3.63, 3.8) is 0 Å². The number of rotatable bonds is 5. The summed E-state index contributed by atoms with van der Waals surface area (Å²) in [7, 11) is 1.93. The fourth-order valence-electron chi connectivity index (χ4n) is 3.25. The SMILES string of the molecule is CC.CNc1ccc(C(C)C)cc1.O=CNC1CCN(c2ncnc3sccc23)C1. The van der Waals surface area contributed by atoms with Crippen LogP contribution in [0.1, 0.15) is 45.6 Å². The van der Waals surface area contributed by atoms with Crippen LogP contribution in [-0.2, 0) is 4.79 Å². The van der Waals surface area contributed by atoms with Gasteiger partial charge in [0.2, 0.25) is 6.41 Å². The van der Waals surface area contributed by atoms with Gasteiger partial charge in [-0.2, -0.15) is 0 Å². The van der Waals surface area contributed by atoms with E-state index in [0.717, 1.165) is 42.0 Å². The summed E-state index contributed by atoms with van der Waals surface area (Å²) in [4.78, 5) is 22.2. The van der Waals surface area contributed by atoms with Crippen LogP contribution in [-0.4, -0.2) is 42.6 Å². The first-order valence-electron chi connectivity index (χ1n) is 10.5. The van der Waals surface area contributed by atoms with Crippen molar-refractivity contribution in [3.05, 3.63) is 47.6 Å². The van der Waals surface area contributed by atoms with Crippen LogP contribution >= 0.6 is 11.3 Å². The molecule has 0 radical (unpaired) electrons. The Morgan fingerprint density at radius 3 is 2.53 bits per heavy atom. The van der Waals surface area contributed by atoms with E-state index in [9.17, 15) is 4.79 Å². The molecule has 1 aliphatic rings. The van der Waals surface area contributed by atoms with Crippen molar-refractivity contribution < 1.29 is 4.79 Å². The Kier molecular flexibility index (Phi) is 9.54. The van der Waals surface area contributed by atoms with Gasteiger partial charge in [0.05, 0.1) is 5.39 Å². The Labute approximate surface area is 183 Å². The Balaban J connectivity index is 0.000000215. The third-order valence-electron chi connectivity index (χ3n) is 4.90. The van der Waals surface area contributed by atoms with Crippen molar-refractivity contribution >= 4 is 39.5 Å². The molecule has 0 saturated carbocycles. The van der Waals surface area contributed by atoms with Gasteiger partial charge in [-0.05, 0) is 41.5 Å². The topological polar surface area (TPSA) is 70.2 Å². The molecule has 162 valence electrons. The second-order valence-corrected chi connectivity index (χ2v) is 7.97. The summed E-state index contributed by atoms with van der Waals surface area (Å²) >= 11 is 1.62. The minimum atomic E-state index is 0.233. The lowest BCUT2D eigenvalue weighted by molar-refractivity contribution is -0.110. The van der Waals surface area contributed by atoms with Crippen molar-refractivity contribution in [2.45, 2.75) is 46.1 Å². The molecule has 0 aliphatic carbocycles. The number of fused-ring (bicyclic) bond motifs is 1. The van der Waals surface area contributed by atoms with Crippen LogP contribution in [0.25, 0.3) is 10.2 Å². The lowest BCUT2D eigenvalue weighted by atomic mass is 10.0. The van der Waals surface area contributed by atoms with Crippen LogP contribution in [0.3, 0.4) is 0 Å². The second-order valence-electron chi connectivity index (χ2n) is 7.08. The van der Waals surface area contributed by atoms with Gasteiger partial charge < -0.3 is 15.5 Å². The highest BCUT2D eigenvalue weighted by atomic mass is 32.1. The van der Waals surface area contributed by atoms with Gasteiger partial charge in [0.1, 0.15) is 17.0 Å². The molecule has 4 rings (SSSR count). The molecule has 3 aromatic rings. The number of benzene rings is 1. The number of nitrogens with one attached hydrogen (secondary N) is 2. The minimum absolute atomic E-state index is 0.233. The lowest BCUT2D eigenvalue weighted by Gasteiger charge is -2.17. The van der Waals surface area contributed by atoms with Crippen LogP contribution in [0.4, 0.5) is 11.5 Å². The minimum Gasteiger partial charge on any atom is -0.388 e. The van der Waals surface area contributed by atoms with Crippen molar-refractivity contribution in [1.82, 2.24) is 15.3 Å². The summed E-state index contributed by atoms with van der Waals surface area (Å²) in [6, 6.07) is 10.8. The van der Waals surface area contributed by atoms with Crippen LogP contribution in [0.5, 0.6) is 0 Å². The first-order valence-corrected chi connectivity index (χ1v) is 11.4. The molecule has 2 aromatic heterocycles. The summed E-state index contributed by atoms with van der Waals surface area (Å²) in [6.45, 7) is 10.1. The maximum absolute atomic E-state index is 10.4. The summed E-state index contributed by atoms with van der Waals surface area (Å²) in [5, 5.41) is 9.05. The number of thiophene rings is 1. The number of nitrogens with zero attached hydrogens (tertiary/aromatic N) is 3. The van der Waals surface area contributed by atoms with Gasteiger partial charge in [-0.25, -0.2) is 9.97 Å². The second kappa shape index (κ2) is 12.1. The van der Waals surface area contributed by atoms with E-state index in [1.807, 2.05) is 26.3 Å². The molecule has 3 heterocycles. The van der Waals surface area contributed by atoms with Crippen LogP contribution in [0.2, 0.25) is 0 Å². The van der Waals surface area contributed by atoms with E-state index in [2.05, 4.69) is 69.7 Å². The number of carbonyl (C=O) groups is 1. The predicted molar refractivity (Wildman–Crippen MR) is 129 cm³/mol. The molecule has 1 amide bonds. The molecule has 1 saturated heterocycles. The molecule has 0 bridgehead atoms. The van der Waals surface area contributed by atoms with Crippen molar-refractivity contribution in [3.8, 4) is 0 Å². The monoisotopic (exact) mass is 427 g/mol. The number of amides is 1. The number of aromatic nitrogens is 2. The first kappa shape index (κ1) is 23.6. The third-order valence-corrected chi connectivity index (χ3v) is 5.72. The molecule has 30 heavy (non-hydrogen) atoms. The molecule has 1 aliphatic heterocycles. The predicted octanol–water partition coefficient (Wildman–Crippen LogP) is 4.89. The van der Waals surface area contributed by atoms with Crippen LogP contribution < -0.4 is 15.5 Å². The fraction of sp³-hybridized carbons (Fsp3) is 0.435. The molecule has 1 aromatic carbocycles. The van der Waals surface area contributed by atoms with Crippen LogP contribution in [0.15, 0.2) is 42.0 Å². The van der Waals surface area contributed by atoms with Gasteiger partial charge in [-0.3, -0.25) is 4.79 Å². The molecule has 0 spiro atoms. The Hall–Kier alpha value is -2.67. The number of hydrogen-bond acceptors (Lipinski definition) is 6. The molecule has 1 unspecified atom stereocenters. The first-order chi connectivity index (χ1) is 14.6. The van der Waals surface area contributed by atoms with Gasteiger partial charge in [-0.15, -0.1) is 11.3 Å². The zero-order valence-corrected chi connectivity index (χ0v) is 19.4. The number of anilines is 2. The highest BCUT2D eigenvalue weighted by molar-refractivity contribution is 7.16. The normalized spacial score (nSPS) is 15.1. The highest BCUT2D eigenvalue weighted by Gasteiger charge is 2.24. The smallest absolute Gasteiger partial charge is 0.207 e. The molecule has 6 nitrogen and oxygen atoms in total. The summed E-state index contributed by atoms with van der Waals surface area (Å²) in [6.07, 6.45) is 3.34. The molecule has 1 fully saturated rings. The molecule has 2 N–H and O–H groups in total. The zero-order chi connectivity index (χ0) is 21.9. The van der Waals surface area contributed by atoms with Gasteiger partial charge in [-0.1, -0.05) is 39.8 Å². The summed E-state index contributed by atoms with van der Waals surface area (Å²) in [5.41, 5.74) is 2.57. The van der Waals surface area contributed by atoms with E-state index >= 15 is 0 Å². The van der Waals surface area contributed by atoms with Gasteiger partial charge in [0.15, 0.2) is 0 Å². The van der Waals surface area contributed by atoms with E-state index in [0.29, 0.717) is 5.92 Å². The average Bonchev–Trinajstić information content (AvgIpc) is 3.45. The van der Waals surface area contributed by atoms with Gasteiger partial charge in [0.25, 0.3) is 0 Å². The Morgan fingerprint density at radius 1 is 1.17 bits per heavy atom. The largest absolute Gasteiger partial charge is 0.388 e. The van der Waals surface area contributed by atoms with E-state index in [1.165, 1.54) is 11.3 Å². The molecular weight excluding hydrogens is 394 g/mol. The van der Waals surface area contributed by atoms with Crippen molar-refractivity contribution in [1.29, 1.82) is 0 Å². The fourth-order valence-corrected chi connectivity index (χ4v) is 3.98. The molecule has 7 heteroatoms. The molecule has 1 atom stereocenters. The van der Waals surface area contributed by atoms with Crippen molar-refractivity contribution in [2.75, 3.05) is 30.4 Å². The summed E-state index contributed by atoms with van der Waals surface area (Å²) in [5.74, 6) is 1.60. The summed E-state index contributed by atoms with van der Waals surface area (Å²) < 4.78 is 0. The Bertz CT molecular complexity index is 894. The van der Waals surface area contributed by atoms with Gasteiger partial charge >= 0.3 is 0 Å². The maximum atomic E-state index is 10.4. The van der Waals surface area contributed by atoms with Crippen LogP contribution in [0, 0.1) is 0 Å². The van der Waals surface area contributed by atoms with E-state index in [4.69, 9.17) is 0 Å². The molecular formula is C23H33N5OS. The quantitative estimate of drug-likeness (QED) is 0.567. The lowest BCUT2D eigenvalue weighted by Crippen LogP contribution is -2.31. The van der Waals surface area contributed by atoms with Gasteiger partial charge in [0, 0.05) is 31.9 Å². The van der Waals surface area contributed by atoms with E-state index in [-0.39, 0.29) is 6.04 Å². The highest BCUT2D eigenvalue weighted by Crippen LogP contribution is 2.28. The zero-order valence-electron chi connectivity index (χ0n) is 18.6. The standard InChI is InChI=1S/C11H12N4OS.C10H15N.C2H6/c16-7-14-8-1-3-15(5-8)10-9-2-4-17-11(9)13-6-12-10;1-8(2)9-4-6-10(11-3)7-5-9;1-2/h2,4,6-8H,1,3,5H2,(H,14,16);4-8,11H,1-3H3;1-2H3. The maximum Gasteiger partial charge on any atom is 0.207 e.